The zero-order chi connectivity index (χ0) is 9.84. The normalized spacial score (nSPS) is 9.62. The molecule has 1 N–H and O–H groups in total. The third-order valence-corrected chi connectivity index (χ3v) is 1.72. The fourth-order valence-electron chi connectivity index (χ4n) is 0.976. The second-order valence-electron chi connectivity index (χ2n) is 2.62. The van der Waals surface area contributed by atoms with Gasteiger partial charge in [-0.1, -0.05) is 19.1 Å². The Balaban J connectivity index is 3.02. The Morgan fingerprint density at radius 3 is 2.46 bits per heavy atom. The number of hydrogen-bond acceptors (Lipinski definition) is 3. The van der Waals surface area contributed by atoms with E-state index in [-0.39, 0.29) is 17.7 Å². The number of phenols is 1. The summed E-state index contributed by atoms with van der Waals surface area (Å²) in [5, 5.41) is 9.25. The molecule has 0 bridgehead atoms. The van der Waals surface area contributed by atoms with Gasteiger partial charge in [0.2, 0.25) is 11.6 Å². The second kappa shape index (κ2) is 3.85. The van der Waals surface area contributed by atoms with Crippen LogP contribution in [0.15, 0.2) is 24.3 Å². The van der Waals surface area contributed by atoms with Crippen molar-refractivity contribution in [2.75, 3.05) is 0 Å². The summed E-state index contributed by atoms with van der Waals surface area (Å²) in [6.07, 6.45) is 0.160. The van der Waals surface area contributed by atoms with Crippen LogP contribution in [0.2, 0.25) is 0 Å². The third-order valence-electron chi connectivity index (χ3n) is 1.72. The Kier molecular flexibility index (Phi) is 2.80. The summed E-state index contributed by atoms with van der Waals surface area (Å²) in [5.41, 5.74) is 0.0781. The molecule has 1 rings (SSSR count). The summed E-state index contributed by atoms with van der Waals surface area (Å²) in [6, 6.07) is 6.03. The summed E-state index contributed by atoms with van der Waals surface area (Å²) < 4.78 is 0. The van der Waals surface area contributed by atoms with Gasteiger partial charge in [0, 0.05) is 6.42 Å². The molecule has 0 radical (unpaired) electrons. The molecule has 0 saturated carbocycles. The van der Waals surface area contributed by atoms with Crippen molar-refractivity contribution in [2.45, 2.75) is 13.3 Å². The molecular formula is C10H10O3. The Hall–Kier alpha value is -1.64. The van der Waals surface area contributed by atoms with Gasteiger partial charge in [0.25, 0.3) is 0 Å². The molecule has 3 heteroatoms. The van der Waals surface area contributed by atoms with E-state index < -0.39 is 11.6 Å². The van der Waals surface area contributed by atoms with Gasteiger partial charge < -0.3 is 5.11 Å². The van der Waals surface area contributed by atoms with E-state index in [0.717, 1.165) is 0 Å². The summed E-state index contributed by atoms with van der Waals surface area (Å²) >= 11 is 0. The van der Waals surface area contributed by atoms with E-state index in [1.54, 1.807) is 19.1 Å². The average molecular weight is 178 g/mol. The van der Waals surface area contributed by atoms with Crippen LogP contribution >= 0.6 is 0 Å². The highest BCUT2D eigenvalue weighted by molar-refractivity contribution is 6.44. The van der Waals surface area contributed by atoms with Crippen LogP contribution in [0.25, 0.3) is 0 Å². The van der Waals surface area contributed by atoms with Crippen LogP contribution < -0.4 is 0 Å². The molecule has 0 saturated heterocycles. The summed E-state index contributed by atoms with van der Waals surface area (Å²) in [6.45, 7) is 1.61. The molecule has 0 aliphatic heterocycles. The van der Waals surface area contributed by atoms with Crippen molar-refractivity contribution in [1.82, 2.24) is 0 Å². The Morgan fingerprint density at radius 2 is 1.92 bits per heavy atom. The molecule has 3 nitrogen and oxygen atoms in total. The van der Waals surface area contributed by atoms with Crippen LogP contribution in [0, 0.1) is 0 Å². The molecule has 0 atom stereocenters. The van der Waals surface area contributed by atoms with E-state index in [0.29, 0.717) is 0 Å². The molecule has 0 fully saturated rings. The van der Waals surface area contributed by atoms with Gasteiger partial charge in [-0.05, 0) is 12.1 Å². The minimum Gasteiger partial charge on any atom is -0.507 e. The molecule has 0 aliphatic carbocycles. The van der Waals surface area contributed by atoms with Crippen molar-refractivity contribution >= 4 is 11.6 Å². The number of Topliss-reactive ketones (excluding diaryl/α,β-unsaturated/α-hetero) is 2. The van der Waals surface area contributed by atoms with Crippen molar-refractivity contribution in [1.29, 1.82) is 0 Å². The number of ketones is 2. The third kappa shape index (κ3) is 1.93. The largest absolute Gasteiger partial charge is 0.507 e. The lowest BCUT2D eigenvalue weighted by Crippen LogP contribution is -2.12. The van der Waals surface area contributed by atoms with Gasteiger partial charge in [0.1, 0.15) is 5.75 Å². The van der Waals surface area contributed by atoms with Crippen molar-refractivity contribution in [3.05, 3.63) is 29.8 Å². The Labute approximate surface area is 76.0 Å². The van der Waals surface area contributed by atoms with Gasteiger partial charge in [0.05, 0.1) is 5.56 Å². The van der Waals surface area contributed by atoms with E-state index in [1.165, 1.54) is 12.1 Å². The maximum atomic E-state index is 11.3. The predicted octanol–water partition coefficient (Wildman–Crippen LogP) is 1.55. The van der Waals surface area contributed by atoms with Crippen LogP contribution in [0.5, 0.6) is 5.75 Å². The van der Waals surface area contributed by atoms with Crippen molar-refractivity contribution in [3.8, 4) is 5.75 Å². The van der Waals surface area contributed by atoms with Gasteiger partial charge in [-0.3, -0.25) is 9.59 Å². The van der Waals surface area contributed by atoms with Gasteiger partial charge in [-0.25, -0.2) is 0 Å². The predicted molar refractivity (Wildman–Crippen MR) is 47.7 cm³/mol. The van der Waals surface area contributed by atoms with Crippen molar-refractivity contribution in [3.63, 3.8) is 0 Å². The van der Waals surface area contributed by atoms with E-state index in [1.807, 2.05) is 0 Å². The lowest BCUT2D eigenvalue weighted by molar-refractivity contribution is -0.114. The summed E-state index contributed by atoms with van der Waals surface area (Å²) in [7, 11) is 0. The van der Waals surface area contributed by atoms with E-state index >= 15 is 0 Å². The fraction of sp³-hybridized carbons (Fsp3) is 0.200. The van der Waals surface area contributed by atoms with Crippen LogP contribution in [0.1, 0.15) is 23.7 Å². The zero-order valence-electron chi connectivity index (χ0n) is 7.28. The molecule has 0 aliphatic rings. The number of phenolic OH excluding ortho intramolecular Hbond substituents is 1. The molecule has 0 spiro atoms. The minimum atomic E-state index is -0.624. The lowest BCUT2D eigenvalue weighted by atomic mass is 10.1. The first kappa shape index (κ1) is 9.45. The molecule has 1 aromatic carbocycles. The molecule has 1 aromatic rings. The first-order chi connectivity index (χ1) is 6.16. The molecule has 0 amide bonds. The van der Waals surface area contributed by atoms with Gasteiger partial charge in [-0.2, -0.15) is 0 Å². The molecule has 0 heterocycles. The smallest absolute Gasteiger partial charge is 0.232 e. The lowest BCUT2D eigenvalue weighted by Gasteiger charge is -2.00. The van der Waals surface area contributed by atoms with Gasteiger partial charge in [0.15, 0.2) is 0 Å². The minimum absolute atomic E-state index is 0.0781. The summed E-state index contributed by atoms with van der Waals surface area (Å²) in [4.78, 5) is 22.3. The Bertz CT molecular complexity index is 342. The number of rotatable bonds is 3. The maximum absolute atomic E-state index is 11.3. The average Bonchev–Trinajstić information content (AvgIpc) is 2.16. The fourth-order valence-corrected chi connectivity index (χ4v) is 0.976. The number of hydrogen-bond donors (Lipinski definition) is 1. The van der Waals surface area contributed by atoms with Gasteiger partial charge >= 0.3 is 0 Å². The monoisotopic (exact) mass is 178 g/mol. The van der Waals surface area contributed by atoms with E-state index in [9.17, 15) is 14.7 Å². The second-order valence-corrected chi connectivity index (χ2v) is 2.62. The Morgan fingerprint density at radius 1 is 1.31 bits per heavy atom. The van der Waals surface area contributed by atoms with Crippen molar-refractivity contribution < 1.29 is 14.7 Å². The molecule has 68 valence electrons. The first-order valence-corrected chi connectivity index (χ1v) is 4.02. The topological polar surface area (TPSA) is 54.4 Å². The van der Waals surface area contributed by atoms with Gasteiger partial charge in [-0.15, -0.1) is 0 Å². The van der Waals surface area contributed by atoms with Crippen molar-refractivity contribution in [2.24, 2.45) is 0 Å². The number of aromatic hydroxyl groups is 1. The number of para-hydroxylation sites is 1. The number of benzene rings is 1. The SMILES string of the molecule is CCC(=O)C(=O)c1ccccc1O. The van der Waals surface area contributed by atoms with Crippen LogP contribution in [0.4, 0.5) is 0 Å². The molecule has 0 aromatic heterocycles. The van der Waals surface area contributed by atoms with Crippen LogP contribution in [-0.2, 0) is 4.79 Å². The summed E-state index contributed by atoms with van der Waals surface area (Å²) in [5.74, 6) is -1.25. The standard InChI is InChI=1S/C10H10O3/c1-2-8(11)10(13)7-5-3-4-6-9(7)12/h3-6,12H,2H2,1H3. The highest BCUT2D eigenvalue weighted by atomic mass is 16.3. The number of carbonyl (C=O) groups is 2. The molecular weight excluding hydrogens is 168 g/mol. The zero-order valence-corrected chi connectivity index (χ0v) is 7.28. The molecule has 0 unspecified atom stereocenters. The highest BCUT2D eigenvalue weighted by Crippen LogP contribution is 2.16. The maximum Gasteiger partial charge on any atom is 0.232 e. The quantitative estimate of drug-likeness (QED) is 0.564. The molecule has 13 heavy (non-hydrogen) atoms. The first-order valence-electron chi connectivity index (χ1n) is 4.02. The van der Waals surface area contributed by atoms with Crippen LogP contribution in [0.3, 0.4) is 0 Å². The highest BCUT2D eigenvalue weighted by Gasteiger charge is 2.16. The van der Waals surface area contributed by atoms with Crippen LogP contribution in [-0.4, -0.2) is 16.7 Å². The van der Waals surface area contributed by atoms with E-state index in [4.69, 9.17) is 0 Å². The van der Waals surface area contributed by atoms with E-state index in [2.05, 4.69) is 0 Å². The number of carbonyl (C=O) groups excluding carboxylic acids is 2.